The molecule has 1 aromatic carbocycles. The van der Waals surface area contributed by atoms with E-state index in [2.05, 4.69) is 32.2 Å². The number of carbonyl (C=O) groups excluding carboxylic acids is 1. The summed E-state index contributed by atoms with van der Waals surface area (Å²) in [6, 6.07) is 8.02. The highest BCUT2D eigenvalue weighted by Gasteiger charge is 2.22. The summed E-state index contributed by atoms with van der Waals surface area (Å²) >= 11 is 0. The van der Waals surface area contributed by atoms with Crippen LogP contribution in [0.3, 0.4) is 0 Å². The van der Waals surface area contributed by atoms with Gasteiger partial charge in [-0.1, -0.05) is 24.3 Å². The van der Waals surface area contributed by atoms with Crippen LogP contribution in [-0.4, -0.2) is 51.8 Å². The smallest absolute Gasteiger partial charge is 0.195 e. The summed E-state index contributed by atoms with van der Waals surface area (Å²) in [6.45, 7) is 4.08. The van der Waals surface area contributed by atoms with Crippen molar-refractivity contribution in [3.63, 3.8) is 0 Å². The molecule has 134 valence electrons. The molecule has 26 heavy (non-hydrogen) atoms. The van der Waals surface area contributed by atoms with Gasteiger partial charge in [-0.3, -0.25) is 4.79 Å². The highest BCUT2D eigenvalue weighted by molar-refractivity contribution is 6.18. The number of carbonyl (C=O) groups is 1. The van der Waals surface area contributed by atoms with Gasteiger partial charge in [-0.05, 0) is 45.5 Å². The van der Waals surface area contributed by atoms with Crippen molar-refractivity contribution in [2.45, 2.75) is 25.8 Å². The van der Waals surface area contributed by atoms with E-state index in [4.69, 9.17) is 0 Å². The van der Waals surface area contributed by atoms with E-state index in [1.165, 1.54) is 6.33 Å². The van der Waals surface area contributed by atoms with Crippen molar-refractivity contribution in [2.24, 2.45) is 0 Å². The number of rotatable bonds is 4. The van der Waals surface area contributed by atoms with Crippen molar-refractivity contribution in [3.05, 3.63) is 53.5 Å². The van der Waals surface area contributed by atoms with Crippen molar-refractivity contribution in [1.29, 1.82) is 0 Å². The second-order valence-electron chi connectivity index (χ2n) is 7.01. The lowest BCUT2D eigenvalue weighted by atomic mass is 9.99. The normalized spacial score (nSPS) is 16.1. The van der Waals surface area contributed by atoms with Gasteiger partial charge in [0.05, 0.1) is 10.9 Å². The van der Waals surface area contributed by atoms with Crippen LogP contribution in [0.1, 0.15) is 34.3 Å². The summed E-state index contributed by atoms with van der Waals surface area (Å²) in [4.78, 5) is 27.3. The molecule has 1 aliphatic heterocycles. The maximum Gasteiger partial charge on any atom is 0.195 e. The number of aromatic nitrogens is 3. The maximum atomic E-state index is 13.1. The van der Waals surface area contributed by atoms with Crippen molar-refractivity contribution in [3.8, 4) is 0 Å². The van der Waals surface area contributed by atoms with Gasteiger partial charge in [-0.25, -0.2) is 9.97 Å². The number of nitrogens with one attached hydrogen (secondary N) is 2. The molecule has 0 bridgehead atoms. The summed E-state index contributed by atoms with van der Waals surface area (Å²) in [5.41, 5.74) is 2.98. The van der Waals surface area contributed by atoms with E-state index in [-0.39, 0.29) is 5.78 Å². The molecule has 0 unspecified atom stereocenters. The number of benzene rings is 1. The van der Waals surface area contributed by atoms with Gasteiger partial charge in [0.2, 0.25) is 0 Å². The number of H-pyrrole nitrogens is 1. The van der Waals surface area contributed by atoms with Gasteiger partial charge >= 0.3 is 0 Å². The molecule has 0 atom stereocenters. The fraction of sp³-hybridized carbons (Fsp3) is 0.350. The first kappa shape index (κ1) is 16.7. The van der Waals surface area contributed by atoms with Gasteiger partial charge in [-0.2, -0.15) is 0 Å². The van der Waals surface area contributed by atoms with Gasteiger partial charge in [0.1, 0.15) is 17.8 Å². The Balaban J connectivity index is 1.71. The lowest BCUT2D eigenvalue weighted by Gasteiger charge is -2.29. The van der Waals surface area contributed by atoms with Crippen LogP contribution in [0.4, 0.5) is 5.82 Å². The third kappa shape index (κ3) is 3.08. The Morgan fingerprint density at radius 2 is 1.96 bits per heavy atom. The van der Waals surface area contributed by atoms with Crippen LogP contribution in [0.15, 0.2) is 36.8 Å². The number of piperidine rings is 1. The molecule has 4 rings (SSSR count). The third-order valence-electron chi connectivity index (χ3n) is 5.16. The molecule has 3 heterocycles. The quantitative estimate of drug-likeness (QED) is 0.708. The predicted octanol–water partition coefficient (Wildman–Crippen LogP) is 3.00. The molecular weight excluding hydrogens is 326 g/mol. The largest absolute Gasteiger partial charge is 0.367 e. The van der Waals surface area contributed by atoms with E-state index in [1.54, 1.807) is 6.20 Å². The Hall–Kier alpha value is -2.73. The number of likely N-dealkylation sites (tertiary alicyclic amines) is 1. The number of anilines is 1. The van der Waals surface area contributed by atoms with Crippen LogP contribution < -0.4 is 5.32 Å². The van der Waals surface area contributed by atoms with Crippen LogP contribution in [0.2, 0.25) is 0 Å². The molecule has 1 saturated heterocycles. The Bertz CT molecular complexity index is 940. The fourth-order valence-electron chi connectivity index (χ4n) is 3.57. The Labute approximate surface area is 152 Å². The van der Waals surface area contributed by atoms with Crippen LogP contribution in [0.25, 0.3) is 11.0 Å². The van der Waals surface area contributed by atoms with Crippen LogP contribution in [0, 0.1) is 6.92 Å². The minimum absolute atomic E-state index is 0.00409. The molecule has 2 aromatic heterocycles. The fourth-order valence-corrected chi connectivity index (χ4v) is 3.57. The first-order valence-corrected chi connectivity index (χ1v) is 9.01. The molecule has 0 spiro atoms. The molecular formula is C20H23N5O. The molecule has 1 fully saturated rings. The molecule has 3 aromatic rings. The zero-order valence-corrected chi connectivity index (χ0v) is 15.1. The second kappa shape index (κ2) is 6.88. The standard InChI is InChI=1S/C20H23N5O/c1-13-5-3-4-6-15(13)18(26)16-11-21-19-17(16)20(23-12-22-19)24-14-7-9-25(2)10-8-14/h3-6,11-12,14H,7-10H2,1-2H3,(H2,21,22,23,24). The zero-order valence-electron chi connectivity index (χ0n) is 15.1. The number of hydrogen-bond acceptors (Lipinski definition) is 5. The first-order valence-electron chi connectivity index (χ1n) is 9.01. The second-order valence-corrected chi connectivity index (χ2v) is 7.01. The van der Waals surface area contributed by atoms with Crippen molar-refractivity contribution in [2.75, 3.05) is 25.5 Å². The highest BCUT2D eigenvalue weighted by Crippen LogP contribution is 2.27. The van der Waals surface area contributed by atoms with Crippen LogP contribution >= 0.6 is 0 Å². The monoisotopic (exact) mass is 349 g/mol. The molecule has 6 heteroatoms. The van der Waals surface area contributed by atoms with E-state index >= 15 is 0 Å². The number of hydrogen-bond donors (Lipinski definition) is 2. The Morgan fingerprint density at radius 3 is 2.73 bits per heavy atom. The summed E-state index contributed by atoms with van der Waals surface area (Å²) in [7, 11) is 2.14. The number of nitrogens with zero attached hydrogens (tertiary/aromatic N) is 3. The molecule has 0 saturated carbocycles. The maximum absolute atomic E-state index is 13.1. The van der Waals surface area contributed by atoms with E-state index in [1.807, 2.05) is 31.2 Å². The minimum Gasteiger partial charge on any atom is -0.367 e. The zero-order chi connectivity index (χ0) is 18.1. The predicted molar refractivity (Wildman–Crippen MR) is 103 cm³/mol. The van der Waals surface area contributed by atoms with Crippen LogP contribution in [0.5, 0.6) is 0 Å². The molecule has 2 N–H and O–H groups in total. The van der Waals surface area contributed by atoms with E-state index in [9.17, 15) is 4.79 Å². The van der Waals surface area contributed by atoms with E-state index < -0.39 is 0 Å². The van der Waals surface area contributed by atoms with Gasteiger partial charge < -0.3 is 15.2 Å². The van der Waals surface area contributed by atoms with E-state index in [0.29, 0.717) is 22.8 Å². The average Bonchev–Trinajstić information content (AvgIpc) is 3.09. The van der Waals surface area contributed by atoms with Crippen LogP contribution in [-0.2, 0) is 0 Å². The van der Waals surface area contributed by atoms with Crippen molar-refractivity contribution < 1.29 is 4.79 Å². The van der Waals surface area contributed by atoms with Gasteiger partial charge in [0.15, 0.2) is 5.78 Å². The Morgan fingerprint density at radius 1 is 1.19 bits per heavy atom. The van der Waals surface area contributed by atoms with Gasteiger partial charge in [0, 0.05) is 17.8 Å². The van der Waals surface area contributed by atoms with Gasteiger partial charge in [0.25, 0.3) is 0 Å². The summed E-state index contributed by atoms with van der Waals surface area (Å²) in [5.74, 6) is 0.735. The highest BCUT2D eigenvalue weighted by atomic mass is 16.1. The number of ketones is 1. The topological polar surface area (TPSA) is 73.9 Å². The molecule has 0 aliphatic carbocycles. The summed E-state index contributed by atoms with van der Waals surface area (Å²) < 4.78 is 0. The Kier molecular flexibility index (Phi) is 4.42. The SMILES string of the molecule is Cc1ccccc1C(=O)c1c[nH]c2ncnc(NC3CCN(C)CC3)c12. The van der Waals surface area contributed by atoms with Crippen molar-refractivity contribution in [1.82, 2.24) is 19.9 Å². The average molecular weight is 349 g/mol. The number of fused-ring (bicyclic) bond motifs is 1. The number of aryl methyl sites for hydroxylation is 1. The van der Waals surface area contributed by atoms with Crippen molar-refractivity contribution >= 4 is 22.6 Å². The molecule has 6 nitrogen and oxygen atoms in total. The summed E-state index contributed by atoms with van der Waals surface area (Å²) in [6.07, 6.45) is 5.41. The minimum atomic E-state index is -0.00409. The lowest BCUT2D eigenvalue weighted by molar-refractivity contribution is 0.103. The third-order valence-corrected chi connectivity index (χ3v) is 5.16. The summed E-state index contributed by atoms with van der Waals surface area (Å²) in [5, 5.41) is 4.32. The molecule has 0 amide bonds. The van der Waals surface area contributed by atoms with Gasteiger partial charge in [-0.15, -0.1) is 0 Å². The molecule has 0 radical (unpaired) electrons. The first-order chi connectivity index (χ1) is 12.6. The molecule has 1 aliphatic rings. The van der Waals surface area contributed by atoms with E-state index in [0.717, 1.165) is 42.7 Å². The lowest BCUT2D eigenvalue weighted by Crippen LogP contribution is -2.36. The number of aromatic amines is 1.